The molecule has 0 saturated heterocycles. The predicted molar refractivity (Wildman–Crippen MR) is 140 cm³/mol. The molecule has 3 saturated carbocycles. The first-order valence-electron chi connectivity index (χ1n) is 14.3. The summed E-state index contributed by atoms with van der Waals surface area (Å²) < 4.78 is 29.8. The Morgan fingerprint density at radius 2 is 1.32 bits per heavy atom. The second kappa shape index (κ2) is 12.5. The van der Waals surface area contributed by atoms with E-state index >= 15 is 4.39 Å². The first kappa shape index (κ1) is 25.6. The lowest BCUT2D eigenvalue weighted by Crippen LogP contribution is -2.34. The van der Waals surface area contributed by atoms with E-state index in [-0.39, 0.29) is 5.92 Å². The fraction of sp³-hybridized carbons (Fsp3) is 0.688. The zero-order valence-electron chi connectivity index (χ0n) is 21.6. The Kier molecular flexibility index (Phi) is 9.43. The summed E-state index contributed by atoms with van der Waals surface area (Å²) in [5.41, 5.74) is 1.16. The Morgan fingerprint density at radius 1 is 0.706 bits per heavy atom. The van der Waals surface area contributed by atoms with Crippen LogP contribution >= 0.6 is 0 Å². The molecule has 1 aromatic rings. The maximum Gasteiger partial charge on any atom is 0.162 e. The topological polar surface area (TPSA) is 0 Å². The minimum atomic E-state index is -0.603. The summed E-state index contributed by atoms with van der Waals surface area (Å²) in [6, 6.07) is 3.74. The van der Waals surface area contributed by atoms with E-state index < -0.39 is 11.6 Å². The van der Waals surface area contributed by atoms with Gasteiger partial charge >= 0.3 is 0 Å². The van der Waals surface area contributed by atoms with Crippen LogP contribution < -0.4 is 0 Å². The van der Waals surface area contributed by atoms with Gasteiger partial charge in [0.05, 0.1) is 0 Å². The van der Waals surface area contributed by atoms with Gasteiger partial charge in [0, 0.05) is 0 Å². The molecule has 0 nitrogen and oxygen atoms in total. The van der Waals surface area contributed by atoms with Crippen LogP contribution in [0, 0.1) is 41.2 Å². The largest absolute Gasteiger partial charge is 0.203 e. The van der Waals surface area contributed by atoms with Crippen LogP contribution in [0.5, 0.6) is 0 Å². The minimum absolute atomic E-state index is 0.199. The van der Waals surface area contributed by atoms with Gasteiger partial charge in [-0.05, 0) is 138 Å². The second-order valence-electron chi connectivity index (χ2n) is 11.6. The number of hydrogen-bond acceptors (Lipinski definition) is 0. The van der Waals surface area contributed by atoms with E-state index in [1.165, 1.54) is 64.2 Å². The van der Waals surface area contributed by atoms with E-state index in [1.54, 1.807) is 0 Å². The van der Waals surface area contributed by atoms with Crippen LogP contribution in [0.3, 0.4) is 0 Å². The number of aryl methyl sites for hydroxylation is 1. The zero-order valence-corrected chi connectivity index (χ0v) is 21.6. The summed E-state index contributed by atoms with van der Waals surface area (Å²) in [6.07, 6.45) is 25.6. The van der Waals surface area contributed by atoms with Crippen LogP contribution in [-0.4, -0.2) is 0 Å². The fourth-order valence-electron chi connectivity index (χ4n) is 7.60. The monoisotopic (exact) mass is 468 g/mol. The smallest absolute Gasteiger partial charge is 0.162 e. The van der Waals surface area contributed by atoms with Crippen molar-refractivity contribution in [3.05, 3.63) is 59.2 Å². The molecule has 1 aromatic carbocycles. The van der Waals surface area contributed by atoms with Gasteiger partial charge in [-0.15, -0.1) is 0 Å². The summed E-state index contributed by atoms with van der Waals surface area (Å²) in [7, 11) is 0. The highest BCUT2D eigenvalue weighted by molar-refractivity contribution is 5.30. The summed E-state index contributed by atoms with van der Waals surface area (Å²) >= 11 is 0. The van der Waals surface area contributed by atoms with Gasteiger partial charge in [0.25, 0.3) is 0 Å². The third-order valence-corrected chi connectivity index (χ3v) is 9.64. The molecule has 4 rings (SSSR count). The number of benzene rings is 1. The molecule has 0 amide bonds. The second-order valence-corrected chi connectivity index (χ2v) is 11.6. The highest BCUT2D eigenvalue weighted by Crippen LogP contribution is 2.51. The lowest BCUT2D eigenvalue weighted by Gasteiger charge is -2.45. The van der Waals surface area contributed by atoms with E-state index in [2.05, 4.69) is 19.1 Å². The molecule has 0 bridgehead atoms. The summed E-state index contributed by atoms with van der Waals surface area (Å²) in [5.74, 6) is 3.36. The molecule has 2 heteroatoms. The van der Waals surface area contributed by atoms with Crippen LogP contribution in [0.2, 0.25) is 0 Å². The molecular weight excluding hydrogens is 422 g/mol. The number of rotatable bonds is 8. The third-order valence-electron chi connectivity index (χ3n) is 9.64. The molecule has 0 aliphatic heterocycles. The standard InChI is InChI=1S/C32H46F2/c1-3-5-7-9-23-11-13-24(14-12-23)26-15-16-28-22-29(18-17-27(28)21-26)30-20-19-25(10-8-6-4-2)31(33)32(30)34/h3-6,19-20,23-24,26-29H,7-18,21-22H2,1-2H3/b5-3+,6-4+. The van der Waals surface area contributed by atoms with Gasteiger partial charge in [0.2, 0.25) is 0 Å². The number of fused-ring (bicyclic) bond motifs is 1. The first-order valence-corrected chi connectivity index (χ1v) is 14.3. The van der Waals surface area contributed by atoms with Crippen molar-refractivity contribution in [3.63, 3.8) is 0 Å². The molecule has 0 aromatic heterocycles. The predicted octanol–water partition coefficient (Wildman–Crippen LogP) is 9.94. The van der Waals surface area contributed by atoms with Gasteiger partial charge in [0.15, 0.2) is 11.6 Å². The van der Waals surface area contributed by atoms with E-state index in [9.17, 15) is 4.39 Å². The molecule has 3 aliphatic rings. The van der Waals surface area contributed by atoms with Gasteiger partial charge in [-0.25, -0.2) is 8.78 Å². The maximum atomic E-state index is 15.0. The summed E-state index contributed by atoms with van der Waals surface area (Å²) in [6.45, 7) is 4.08. The molecule has 4 atom stereocenters. The molecule has 34 heavy (non-hydrogen) atoms. The zero-order chi connectivity index (χ0) is 23.9. The minimum Gasteiger partial charge on any atom is -0.203 e. The van der Waals surface area contributed by atoms with Crippen molar-refractivity contribution in [3.8, 4) is 0 Å². The van der Waals surface area contributed by atoms with E-state index in [1.807, 2.05) is 31.2 Å². The SMILES string of the molecule is C/C=C/CCc1ccc(C2CCC3CC(C4CCC(CC/C=C/C)CC4)CCC3C2)c(F)c1F. The van der Waals surface area contributed by atoms with Gasteiger partial charge < -0.3 is 0 Å². The molecule has 188 valence electrons. The van der Waals surface area contributed by atoms with Crippen molar-refractivity contribution in [1.29, 1.82) is 0 Å². The van der Waals surface area contributed by atoms with Crippen molar-refractivity contribution in [2.24, 2.45) is 29.6 Å². The molecule has 3 aliphatic carbocycles. The average Bonchev–Trinajstić information content (AvgIpc) is 2.87. The number of halogens is 2. The van der Waals surface area contributed by atoms with Gasteiger partial charge in [-0.3, -0.25) is 0 Å². The van der Waals surface area contributed by atoms with Crippen LogP contribution in [0.1, 0.15) is 114 Å². The average molecular weight is 469 g/mol. The molecular formula is C32H46F2. The Hall–Kier alpha value is -1.44. The van der Waals surface area contributed by atoms with Crippen molar-refractivity contribution >= 4 is 0 Å². The van der Waals surface area contributed by atoms with Crippen LogP contribution in [0.25, 0.3) is 0 Å². The Bertz CT molecular complexity index is 830. The highest BCUT2D eigenvalue weighted by Gasteiger charge is 2.39. The molecule has 0 N–H and O–H groups in total. The van der Waals surface area contributed by atoms with Crippen molar-refractivity contribution < 1.29 is 8.78 Å². The Labute approximate surface area is 207 Å². The van der Waals surface area contributed by atoms with E-state index in [0.29, 0.717) is 23.5 Å². The van der Waals surface area contributed by atoms with E-state index in [4.69, 9.17) is 0 Å². The van der Waals surface area contributed by atoms with Crippen LogP contribution in [-0.2, 0) is 6.42 Å². The highest BCUT2D eigenvalue weighted by atomic mass is 19.2. The quantitative estimate of drug-likeness (QED) is 0.333. The molecule has 3 fully saturated rings. The third kappa shape index (κ3) is 6.21. The van der Waals surface area contributed by atoms with Crippen molar-refractivity contribution in [1.82, 2.24) is 0 Å². The normalized spacial score (nSPS) is 32.4. The molecule has 0 radical (unpaired) electrons. The molecule has 4 unspecified atom stereocenters. The van der Waals surface area contributed by atoms with E-state index in [0.717, 1.165) is 42.9 Å². The number of hydrogen-bond donors (Lipinski definition) is 0. The van der Waals surface area contributed by atoms with Crippen LogP contribution in [0.15, 0.2) is 36.4 Å². The molecule has 0 spiro atoms. The number of allylic oxidation sites excluding steroid dienone is 4. The summed E-state index contributed by atoms with van der Waals surface area (Å²) in [4.78, 5) is 0. The van der Waals surface area contributed by atoms with Crippen molar-refractivity contribution in [2.75, 3.05) is 0 Å². The van der Waals surface area contributed by atoms with Crippen molar-refractivity contribution in [2.45, 2.75) is 110 Å². The van der Waals surface area contributed by atoms with Gasteiger partial charge in [-0.1, -0.05) is 49.3 Å². The maximum absolute atomic E-state index is 15.0. The Balaban J connectivity index is 1.28. The first-order chi connectivity index (χ1) is 16.6. The van der Waals surface area contributed by atoms with Gasteiger partial charge in [-0.2, -0.15) is 0 Å². The van der Waals surface area contributed by atoms with Gasteiger partial charge in [0.1, 0.15) is 0 Å². The summed E-state index contributed by atoms with van der Waals surface area (Å²) in [5, 5.41) is 0. The molecule has 0 heterocycles. The lowest BCUT2D eigenvalue weighted by molar-refractivity contribution is 0.0708. The lowest BCUT2D eigenvalue weighted by atomic mass is 9.60. The fourth-order valence-corrected chi connectivity index (χ4v) is 7.60. The Morgan fingerprint density at radius 3 is 2.06 bits per heavy atom. The van der Waals surface area contributed by atoms with Crippen LogP contribution in [0.4, 0.5) is 8.78 Å².